The van der Waals surface area contributed by atoms with Crippen molar-refractivity contribution in [2.75, 3.05) is 13.1 Å². The fraction of sp³-hybridized carbons (Fsp3) is 0.333. The average Bonchev–Trinajstić information content (AvgIpc) is 2.10. The fourth-order valence-electron chi connectivity index (χ4n) is 0.535. The van der Waals surface area contributed by atoms with Crippen LogP contribution in [0.1, 0.15) is 0 Å². The lowest BCUT2D eigenvalue weighted by molar-refractivity contribution is 0.489. The summed E-state index contributed by atoms with van der Waals surface area (Å²) in [5.41, 5.74) is 0. The number of terminal acetylenes is 1. The van der Waals surface area contributed by atoms with Gasteiger partial charge in [0, 0.05) is 6.54 Å². The minimum Gasteiger partial charge on any atom is -0.293 e. The molecule has 2 N–H and O–H groups in total. The van der Waals surface area contributed by atoms with Gasteiger partial charge in [0.05, 0.1) is 6.54 Å². The Morgan fingerprint density at radius 1 is 1.71 bits per heavy atom. The average molecular weight is 238 g/mol. The third-order valence-electron chi connectivity index (χ3n) is 1.07. The van der Waals surface area contributed by atoms with Gasteiger partial charge in [0.2, 0.25) is 0 Å². The lowest BCUT2D eigenvalue weighted by atomic mass is 10.7. The molecule has 6 nitrogen and oxygen atoms in total. The zero-order valence-corrected chi connectivity index (χ0v) is 8.84. The van der Waals surface area contributed by atoms with E-state index in [1.54, 1.807) is 0 Å². The van der Waals surface area contributed by atoms with E-state index in [1.165, 1.54) is 6.08 Å². The predicted octanol–water partition coefficient (Wildman–Crippen LogP) is -0.921. The molecule has 0 fully saturated rings. The minimum atomic E-state index is -4.03. The van der Waals surface area contributed by atoms with E-state index in [0.29, 0.717) is 0 Å². The summed E-state index contributed by atoms with van der Waals surface area (Å²) in [7, 11) is -4.03. The molecule has 14 heavy (non-hydrogen) atoms. The van der Waals surface area contributed by atoms with Crippen molar-refractivity contribution in [2.24, 2.45) is 0 Å². The standard InChI is InChI=1S/C6H10N2O4S2/c1-3-5-7-14(11,12)8(6-4-2)13(9)10/h2-3,7H,1,5-6H2,(H,9,10). The summed E-state index contributed by atoms with van der Waals surface area (Å²) in [4.78, 5) is 0. The quantitative estimate of drug-likeness (QED) is 0.356. The second-order valence-corrected chi connectivity index (χ2v) is 4.85. The Morgan fingerprint density at radius 2 is 2.29 bits per heavy atom. The lowest BCUT2D eigenvalue weighted by Crippen LogP contribution is -2.41. The maximum Gasteiger partial charge on any atom is 0.293 e. The number of hydrogen-bond donors (Lipinski definition) is 2. The van der Waals surface area contributed by atoms with Crippen molar-refractivity contribution >= 4 is 21.5 Å². The monoisotopic (exact) mass is 238 g/mol. The lowest BCUT2D eigenvalue weighted by Gasteiger charge is -2.14. The van der Waals surface area contributed by atoms with Gasteiger partial charge in [0.15, 0.2) is 0 Å². The predicted molar refractivity (Wildman–Crippen MR) is 53.4 cm³/mol. The first-order valence-electron chi connectivity index (χ1n) is 3.38. The van der Waals surface area contributed by atoms with Gasteiger partial charge in [-0.25, -0.2) is 4.21 Å². The van der Waals surface area contributed by atoms with Crippen molar-refractivity contribution in [3.05, 3.63) is 12.7 Å². The molecular formula is C6H10N2O4S2. The van der Waals surface area contributed by atoms with Crippen LogP contribution in [0.4, 0.5) is 0 Å². The van der Waals surface area contributed by atoms with Crippen molar-refractivity contribution in [2.45, 2.75) is 0 Å². The van der Waals surface area contributed by atoms with Crippen LogP contribution in [0.2, 0.25) is 0 Å². The number of nitrogens with zero attached hydrogens (tertiary/aromatic N) is 1. The summed E-state index contributed by atoms with van der Waals surface area (Å²) in [6.45, 7) is 2.77. The van der Waals surface area contributed by atoms with Gasteiger partial charge < -0.3 is 0 Å². The molecule has 0 saturated carbocycles. The maximum atomic E-state index is 11.2. The molecule has 0 heterocycles. The second-order valence-electron chi connectivity index (χ2n) is 2.04. The van der Waals surface area contributed by atoms with E-state index in [-0.39, 0.29) is 10.3 Å². The molecular weight excluding hydrogens is 228 g/mol. The van der Waals surface area contributed by atoms with Gasteiger partial charge in [0.1, 0.15) is 0 Å². The SMILES string of the molecule is C#CCN(S(=O)O)S(=O)(=O)NCC=C. The summed E-state index contributed by atoms with van der Waals surface area (Å²) in [6.07, 6.45) is 6.14. The number of hydrogen-bond acceptors (Lipinski definition) is 3. The van der Waals surface area contributed by atoms with Gasteiger partial charge in [-0.3, -0.25) is 4.55 Å². The van der Waals surface area contributed by atoms with Crippen LogP contribution < -0.4 is 4.72 Å². The first-order valence-corrected chi connectivity index (χ1v) is 5.88. The molecule has 0 aliphatic heterocycles. The number of rotatable bonds is 6. The summed E-state index contributed by atoms with van der Waals surface area (Å²) in [5, 5.41) is 0. The highest BCUT2D eigenvalue weighted by Crippen LogP contribution is 1.99. The van der Waals surface area contributed by atoms with E-state index in [9.17, 15) is 12.6 Å². The highest BCUT2D eigenvalue weighted by atomic mass is 32.3. The Labute approximate surface area is 85.6 Å². The van der Waals surface area contributed by atoms with Crippen LogP contribution in [0.25, 0.3) is 0 Å². The van der Waals surface area contributed by atoms with Crippen LogP contribution >= 0.6 is 0 Å². The van der Waals surface area contributed by atoms with Crippen molar-refractivity contribution < 1.29 is 17.2 Å². The molecule has 80 valence electrons. The van der Waals surface area contributed by atoms with Crippen molar-refractivity contribution in [1.29, 1.82) is 0 Å². The minimum absolute atomic E-state index is 0.0411. The molecule has 1 atom stereocenters. The van der Waals surface area contributed by atoms with Crippen LogP contribution in [-0.4, -0.2) is 34.0 Å². The first-order chi connectivity index (χ1) is 6.45. The van der Waals surface area contributed by atoms with Gasteiger partial charge in [-0.1, -0.05) is 15.7 Å². The first kappa shape index (κ1) is 13.3. The summed E-state index contributed by atoms with van der Waals surface area (Å²) in [5.74, 6) is 1.96. The molecule has 0 saturated heterocycles. The van der Waals surface area contributed by atoms with Gasteiger partial charge in [-0.15, -0.1) is 13.0 Å². The molecule has 1 unspecified atom stereocenters. The zero-order chi connectivity index (χ0) is 11.2. The smallest absolute Gasteiger partial charge is 0.293 e. The molecule has 0 radical (unpaired) electrons. The normalized spacial score (nSPS) is 13.5. The Hall–Kier alpha value is -0.720. The molecule has 0 aromatic rings. The Balaban J connectivity index is 4.73. The molecule has 0 spiro atoms. The molecule has 0 aliphatic carbocycles. The summed E-state index contributed by atoms with van der Waals surface area (Å²) < 4.78 is 44.0. The highest BCUT2D eigenvalue weighted by molar-refractivity contribution is 7.98. The van der Waals surface area contributed by atoms with Crippen LogP contribution in [0.5, 0.6) is 0 Å². The maximum absolute atomic E-state index is 11.2. The molecule has 0 aromatic heterocycles. The van der Waals surface area contributed by atoms with Crippen LogP contribution in [-0.2, 0) is 21.5 Å². The Kier molecular flexibility index (Phi) is 5.59. The zero-order valence-electron chi connectivity index (χ0n) is 7.21. The van der Waals surface area contributed by atoms with Crippen molar-refractivity contribution in [3.8, 4) is 12.3 Å². The van der Waals surface area contributed by atoms with Crippen LogP contribution in [0.3, 0.4) is 0 Å². The highest BCUT2D eigenvalue weighted by Gasteiger charge is 2.25. The van der Waals surface area contributed by atoms with Crippen LogP contribution in [0.15, 0.2) is 12.7 Å². The van der Waals surface area contributed by atoms with E-state index in [4.69, 9.17) is 11.0 Å². The molecule has 0 rings (SSSR count). The topological polar surface area (TPSA) is 86.7 Å². The fourth-order valence-corrected chi connectivity index (χ4v) is 2.27. The summed E-state index contributed by atoms with van der Waals surface area (Å²) in [6, 6.07) is 0. The van der Waals surface area contributed by atoms with Crippen molar-refractivity contribution in [3.63, 3.8) is 0 Å². The van der Waals surface area contributed by atoms with E-state index in [0.717, 1.165) is 0 Å². The van der Waals surface area contributed by atoms with Gasteiger partial charge in [0.25, 0.3) is 21.5 Å². The largest absolute Gasteiger partial charge is 0.293 e. The second kappa shape index (κ2) is 5.90. The van der Waals surface area contributed by atoms with Crippen LogP contribution in [0, 0.1) is 12.3 Å². The molecule has 0 amide bonds. The molecule has 0 aliphatic rings. The molecule has 0 aromatic carbocycles. The Bertz CT molecular complexity index is 357. The van der Waals surface area contributed by atoms with E-state index in [1.807, 2.05) is 10.6 Å². The van der Waals surface area contributed by atoms with E-state index in [2.05, 4.69) is 6.58 Å². The third kappa shape index (κ3) is 3.99. The van der Waals surface area contributed by atoms with Gasteiger partial charge in [-0.2, -0.15) is 13.1 Å². The van der Waals surface area contributed by atoms with Gasteiger partial charge >= 0.3 is 0 Å². The van der Waals surface area contributed by atoms with E-state index < -0.39 is 28.0 Å². The number of nitrogens with one attached hydrogen (secondary N) is 1. The molecule has 0 bridgehead atoms. The van der Waals surface area contributed by atoms with Gasteiger partial charge in [-0.05, 0) is 0 Å². The van der Waals surface area contributed by atoms with Crippen molar-refractivity contribution in [1.82, 2.24) is 8.43 Å². The summed E-state index contributed by atoms with van der Waals surface area (Å²) >= 11 is -2.67. The van der Waals surface area contributed by atoms with E-state index >= 15 is 0 Å². The Morgan fingerprint density at radius 3 is 2.64 bits per heavy atom. The third-order valence-corrected chi connectivity index (χ3v) is 3.72. The molecule has 8 heteroatoms.